The quantitative estimate of drug-likeness (QED) is 0.266. The molecule has 0 saturated heterocycles. The summed E-state index contributed by atoms with van der Waals surface area (Å²) in [6.07, 6.45) is 2.08. The summed E-state index contributed by atoms with van der Waals surface area (Å²) in [7, 11) is -2.76. The zero-order valence-corrected chi connectivity index (χ0v) is 18.9. The van der Waals surface area contributed by atoms with Gasteiger partial charge in [0.2, 0.25) is 0 Å². The van der Waals surface area contributed by atoms with Crippen molar-refractivity contribution in [2.75, 3.05) is 13.2 Å². The third-order valence-electron chi connectivity index (χ3n) is 4.33. The van der Waals surface area contributed by atoms with Crippen molar-refractivity contribution >= 4 is 21.4 Å². The molecule has 150 valence electrons. The molecule has 0 fully saturated rings. The summed E-state index contributed by atoms with van der Waals surface area (Å²) >= 11 is 4.77. The lowest BCUT2D eigenvalue weighted by Gasteiger charge is -2.35. The van der Waals surface area contributed by atoms with Crippen LogP contribution in [-0.4, -0.2) is 33.5 Å². The molecule has 0 aromatic heterocycles. The molecule has 1 aromatic rings. The molecule has 0 heterocycles. The van der Waals surface area contributed by atoms with Gasteiger partial charge in [0.15, 0.2) is 0 Å². The molecule has 0 amide bonds. The van der Waals surface area contributed by atoms with Gasteiger partial charge >= 0.3 is 8.80 Å². The summed E-state index contributed by atoms with van der Waals surface area (Å²) < 4.78 is 18.6. The Morgan fingerprint density at radius 1 is 1.04 bits per heavy atom. The van der Waals surface area contributed by atoms with Gasteiger partial charge in [-0.2, -0.15) is 12.6 Å². The van der Waals surface area contributed by atoms with Gasteiger partial charge in [0.25, 0.3) is 0 Å². The minimum Gasteiger partial charge on any atom is -0.374 e. The normalized spacial score (nSPS) is 15.6. The van der Waals surface area contributed by atoms with E-state index in [9.17, 15) is 0 Å². The summed E-state index contributed by atoms with van der Waals surface area (Å²) in [6.45, 7) is 12.4. The standard InChI is InChI=1S/C20H37NO3SSi/c1-6-12-20(25)17(4)16-26(22-7-2,23-8-3)24-18(5)21-15-19-13-10-9-11-14-19/h9-11,13-14,17-18,20-21,25H,6-8,12,15-16H2,1-5H3. The van der Waals surface area contributed by atoms with Crippen LogP contribution in [0.3, 0.4) is 0 Å². The van der Waals surface area contributed by atoms with Crippen LogP contribution >= 0.6 is 12.6 Å². The molecule has 0 aliphatic heterocycles. The Labute approximate surface area is 166 Å². The number of hydrogen-bond donors (Lipinski definition) is 2. The molecule has 1 N–H and O–H groups in total. The van der Waals surface area contributed by atoms with Crippen LogP contribution in [0.1, 0.15) is 53.0 Å². The van der Waals surface area contributed by atoms with Crippen LogP contribution in [0.5, 0.6) is 0 Å². The molecular formula is C20H37NO3SSi. The van der Waals surface area contributed by atoms with Crippen LogP contribution in [0.25, 0.3) is 0 Å². The van der Waals surface area contributed by atoms with Crippen molar-refractivity contribution in [3.63, 3.8) is 0 Å². The van der Waals surface area contributed by atoms with E-state index in [4.69, 9.17) is 25.9 Å². The van der Waals surface area contributed by atoms with Gasteiger partial charge in [-0.3, -0.25) is 5.32 Å². The molecule has 4 nitrogen and oxygen atoms in total. The van der Waals surface area contributed by atoms with E-state index in [0.717, 1.165) is 25.4 Å². The van der Waals surface area contributed by atoms with Crippen LogP contribution in [0.4, 0.5) is 0 Å². The first kappa shape index (κ1) is 23.7. The minimum atomic E-state index is -2.76. The number of nitrogens with one attached hydrogen (secondary N) is 1. The van der Waals surface area contributed by atoms with Gasteiger partial charge in [0.1, 0.15) is 0 Å². The van der Waals surface area contributed by atoms with Crippen LogP contribution in [0.2, 0.25) is 6.04 Å². The average molecular weight is 400 g/mol. The van der Waals surface area contributed by atoms with Crippen molar-refractivity contribution in [3.05, 3.63) is 35.9 Å². The van der Waals surface area contributed by atoms with Gasteiger partial charge in [0.05, 0.1) is 6.23 Å². The fourth-order valence-electron chi connectivity index (χ4n) is 2.99. The Hall–Kier alpha value is -0.373. The fraction of sp³-hybridized carbons (Fsp3) is 0.700. The Morgan fingerprint density at radius 2 is 1.65 bits per heavy atom. The molecule has 1 aromatic carbocycles. The van der Waals surface area contributed by atoms with E-state index in [-0.39, 0.29) is 6.23 Å². The van der Waals surface area contributed by atoms with Crippen molar-refractivity contribution in [2.45, 2.75) is 71.5 Å². The van der Waals surface area contributed by atoms with Gasteiger partial charge < -0.3 is 13.3 Å². The predicted molar refractivity (Wildman–Crippen MR) is 114 cm³/mol. The third-order valence-corrected chi connectivity index (χ3v) is 8.42. The van der Waals surface area contributed by atoms with Crippen LogP contribution in [0, 0.1) is 5.92 Å². The first-order valence-electron chi connectivity index (χ1n) is 9.87. The predicted octanol–water partition coefficient (Wildman–Crippen LogP) is 4.89. The zero-order valence-electron chi connectivity index (χ0n) is 17.0. The molecule has 6 heteroatoms. The zero-order chi connectivity index (χ0) is 19.4. The lowest BCUT2D eigenvalue weighted by atomic mass is 10.1. The van der Waals surface area contributed by atoms with E-state index in [1.54, 1.807) is 0 Å². The summed E-state index contributed by atoms with van der Waals surface area (Å²) in [5.41, 5.74) is 1.23. The summed E-state index contributed by atoms with van der Waals surface area (Å²) in [4.78, 5) is 0. The molecule has 26 heavy (non-hydrogen) atoms. The third kappa shape index (κ3) is 8.54. The van der Waals surface area contributed by atoms with E-state index >= 15 is 0 Å². The minimum absolute atomic E-state index is 0.142. The fourth-order valence-corrected chi connectivity index (χ4v) is 6.68. The van der Waals surface area contributed by atoms with E-state index in [0.29, 0.717) is 24.4 Å². The van der Waals surface area contributed by atoms with E-state index in [2.05, 4.69) is 31.3 Å². The second-order valence-electron chi connectivity index (χ2n) is 6.71. The number of thiol groups is 1. The molecular weight excluding hydrogens is 362 g/mol. The second kappa shape index (κ2) is 12.9. The topological polar surface area (TPSA) is 39.7 Å². The van der Waals surface area contributed by atoms with Crippen molar-refractivity contribution in [1.82, 2.24) is 5.32 Å². The van der Waals surface area contributed by atoms with Gasteiger partial charge in [-0.1, -0.05) is 50.6 Å². The van der Waals surface area contributed by atoms with Crippen LogP contribution in [0.15, 0.2) is 30.3 Å². The number of rotatable bonds is 14. The van der Waals surface area contributed by atoms with E-state index in [1.165, 1.54) is 5.56 Å². The van der Waals surface area contributed by atoms with Crippen LogP contribution in [-0.2, 0) is 19.8 Å². The van der Waals surface area contributed by atoms with Crippen LogP contribution < -0.4 is 5.32 Å². The van der Waals surface area contributed by atoms with Crippen molar-refractivity contribution in [2.24, 2.45) is 5.92 Å². The first-order chi connectivity index (χ1) is 12.5. The highest BCUT2D eigenvalue weighted by Gasteiger charge is 2.44. The highest BCUT2D eigenvalue weighted by atomic mass is 32.1. The Balaban J connectivity index is 2.73. The summed E-state index contributed by atoms with van der Waals surface area (Å²) in [5, 5.41) is 3.77. The van der Waals surface area contributed by atoms with Crippen molar-refractivity contribution < 1.29 is 13.3 Å². The Bertz CT molecular complexity index is 471. The maximum absolute atomic E-state index is 6.39. The molecule has 0 bridgehead atoms. The highest BCUT2D eigenvalue weighted by Crippen LogP contribution is 2.28. The van der Waals surface area contributed by atoms with Crippen molar-refractivity contribution in [3.8, 4) is 0 Å². The summed E-state index contributed by atoms with van der Waals surface area (Å²) in [5.74, 6) is 0.379. The molecule has 0 radical (unpaired) electrons. The van der Waals surface area contributed by atoms with Gasteiger partial charge in [-0.25, -0.2) is 0 Å². The van der Waals surface area contributed by atoms with E-state index in [1.807, 2.05) is 39.0 Å². The molecule has 0 saturated carbocycles. The molecule has 3 atom stereocenters. The number of hydrogen-bond acceptors (Lipinski definition) is 5. The van der Waals surface area contributed by atoms with E-state index < -0.39 is 8.80 Å². The monoisotopic (exact) mass is 399 g/mol. The molecule has 1 rings (SSSR count). The maximum Gasteiger partial charge on any atom is 0.502 e. The Kier molecular flexibility index (Phi) is 11.8. The van der Waals surface area contributed by atoms with Gasteiger partial charge in [0, 0.05) is 31.1 Å². The Morgan fingerprint density at radius 3 is 2.19 bits per heavy atom. The average Bonchev–Trinajstić information content (AvgIpc) is 2.61. The lowest BCUT2D eigenvalue weighted by Crippen LogP contribution is -2.52. The van der Waals surface area contributed by atoms with Gasteiger partial charge in [-0.05, 0) is 38.7 Å². The van der Waals surface area contributed by atoms with Gasteiger partial charge in [-0.15, -0.1) is 0 Å². The molecule has 0 spiro atoms. The second-order valence-corrected chi connectivity index (χ2v) is 9.96. The SMILES string of the molecule is CCCC(S)C(C)C[Si](OCC)(OCC)OC(C)NCc1ccccc1. The van der Waals surface area contributed by atoms with Crippen molar-refractivity contribution in [1.29, 1.82) is 0 Å². The largest absolute Gasteiger partial charge is 0.502 e. The maximum atomic E-state index is 6.39. The smallest absolute Gasteiger partial charge is 0.374 e. The lowest BCUT2D eigenvalue weighted by molar-refractivity contribution is 0.0230. The number of benzene rings is 1. The molecule has 0 aliphatic carbocycles. The first-order valence-corrected chi connectivity index (χ1v) is 12.3. The highest BCUT2D eigenvalue weighted by molar-refractivity contribution is 7.81. The summed E-state index contributed by atoms with van der Waals surface area (Å²) in [6, 6.07) is 11.1. The molecule has 0 aliphatic rings. The molecule has 3 unspecified atom stereocenters.